The van der Waals surface area contributed by atoms with Gasteiger partial charge in [0.15, 0.2) is 0 Å². The fourth-order valence-electron chi connectivity index (χ4n) is 2.42. The monoisotopic (exact) mass is 240 g/mol. The highest BCUT2D eigenvalue weighted by molar-refractivity contribution is 5.81. The topological polar surface area (TPSA) is 49.9 Å². The molecule has 96 valence electrons. The van der Waals surface area contributed by atoms with Crippen molar-refractivity contribution < 1.29 is 14.3 Å². The molecule has 0 aromatic rings. The van der Waals surface area contributed by atoms with Crippen LogP contribution in [0, 0.1) is 5.92 Å². The summed E-state index contributed by atoms with van der Waals surface area (Å²) in [5, 5.41) is 0. The van der Waals surface area contributed by atoms with Crippen molar-refractivity contribution in [3.8, 4) is 0 Å². The zero-order chi connectivity index (χ0) is 12.4. The summed E-state index contributed by atoms with van der Waals surface area (Å²) in [4.78, 5) is 27.4. The maximum atomic E-state index is 11.8. The van der Waals surface area contributed by atoms with Gasteiger partial charge in [-0.05, 0) is 25.2 Å². The third-order valence-corrected chi connectivity index (χ3v) is 3.61. The Labute approximate surface area is 102 Å². The number of likely N-dealkylation sites (N-methyl/N-ethyl adjacent to an activating group) is 1. The predicted octanol–water partition coefficient (Wildman–Crippen LogP) is 0.102. The number of carbonyl (C=O) groups excluding carboxylic acids is 2. The number of rotatable bonds is 3. The van der Waals surface area contributed by atoms with E-state index in [0.717, 1.165) is 32.4 Å². The molecule has 17 heavy (non-hydrogen) atoms. The molecule has 2 aliphatic rings. The maximum absolute atomic E-state index is 11.8. The van der Waals surface area contributed by atoms with Gasteiger partial charge in [-0.3, -0.25) is 14.5 Å². The number of nitrogens with zero attached hydrogens (tertiary/aromatic N) is 2. The van der Waals surface area contributed by atoms with Gasteiger partial charge in [-0.25, -0.2) is 0 Å². The number of hydrogen-bond donors (Lipinski definition) is 0. The molecule has 0 N–H and O–H groups in total. The summed E-state index contributed by atoms with van der Waals surface area (Å²) < 4.78 is 4.86. The smallest absolute Gasteiger partial charge is 0.323 e. The second-order valence-corrected chi connectivity index (χ2v) is 4.94. The molecule has 1 amide bonds. The van der Waals surface area contributed by atoms with E-state index >= 15 is 0 Å². The van der Waals surface area contributed by atoms with Crippen LogP contribution in [0.15, 0.2) is 0 Å². The first-order valence-corrected chi connectivity index (χ1v) is 6.19. The molecule has 1 heterocycles. The Bertz CT molecular complexity index is 315. The average molecular weight is 240 g/mol. The van der Waals surface area contributed by atoms with Gasteiger partial charge in [0.25, 0.3) is 0 Å². The van der Waals surface area contributed by atoms with Crippen molar-refractivity contribution in [2.45, 2.75) is 25.3 Å². The molecule has 1 aliphatic carbocycles. The number of hydrogen-bond acceptors (Lipinski definition) is 4. The van der Waals surface area contributed by atoms with Crippen molar-refractivity contribution >= 4 is 11.9 Å². The van der Waals surface area contributed by atoms with Gasteiger partial charge in [-0.1, -0.05) is 0 Å². The molecule has 2 fully saturated rings. The van der Waals surface area contributed by atoms with Crippen LogP contribution in [0.1, 0.15) is 19.3 Å². The van der Waals surface area contributed by atoms with Gasteiger partial charge in [-0.2, -0.15) is 0 Å². The molecule has 5 heteroatoms. The summed E-state index contributed by atoms with van der Waals surface area (Å²) in [6.07, 6.45) is 3.06. The number of ether oxygens (including phenoxy) is 1. The lowest BCUT2D eigenvalue weighted by Gasteiger charge is -2.27. The van der Waals surface area contributed by atoms with E-state index in [4.69, 9.17) is 4.74 Å². The second kappa shape index (κ2) is 5.04. The third-order valence-electron chi connectivity index (χ3n) is 3.61. The fraction of sp³-hybridized carbons (Fsp3) is 0.833. The van der Waals surface area contributed by atoms with E-state index in [1.165, 1.54) is 7.11 Å². The normalized spacial score (nSPS) is 24.4. The number of amides is 1. The highest BCUT2D eigenvalue weighted by atomic mass is 16.5. The van der Waals surface area contributed by atoms with Gasteiger partial charge in [-0.15, -0.1) is 0 Å². The van der Waals surface area contributed by atoms with E-state index < -0.39 is 0 Å². The SMILES string of the molecule is COC(=O)C(C1CC1)N1CCCN(C)C(=O)C1. The molecule has 1 saturated carbocycles. The molecule has 0 aromatic heterocycles. The lowest BCUT2D eigenvalue weighted by atomic mass is 10.1. The van der Waals surface area contributed by atoms with Crippen molar-refractivity contribution in [3.05, 3.63) is 0 Å². The average Bonchev–Trinajstić information content (AvgIpc) is 3.12. The van der Waals surface area contributed by atoms with Crippen LogP contribution >= 0.6 is 0 Å². The third kappa shape index (κ3) is 2.77. The zero-order valence-corrected chi connectivity index (χ0v) is 10.5. The zero-order valence-electron chi connectivity index (χ0n) is 10.5. The van der Waals surface area contributed by atoms with Crippen LogP contribution in [0.2, 0.25) is 0 Å². The van der Waals surface area contributed by atoms with Crippen molar-refractivity contribution in [1.82, 2.24) is 9.80 Å². The highest BCUT2D eigenvalue weighted by Gasteiger charge is 2.42. The molecule has 1 atom stereocenters. The van der Waals surface area contributed by atoms with E-state index in [9.17, 15) is 9.59 Å². The standard InChI is InChI=1S/C12H20N2O3/c1-13-6-3-7-14(8-10(13)15)11(9-4-5-9)12(16)17-2/h9,11H,3-8H2,1-2H3. The summed E-state index contributed by atoms with van der Waals surface area (Å²) in [5.74, 6) is 0.292. The highest BCUT2D eigenvalue weighted by Crippen LogP contribution is 2.36. The Morgan fingerprint density at radius 2 is 2.12 bits per heavy atom. The second-order valence-electron chi connectivity index (χ2n) is 4.94. The molecule has 0 bridgehead atoms. The molecular formula is C12H20N2O3. The van der Waals surface area contributed by atoms with E-state index in [0.29, 0.717) is 12.5 Å². The Morgan fingerprint density at radius 1 is 1.41 bits per heavy atom. The van der Waals surface area contributed by atoms with Crippen LogP contribution in [0.4, 0.5) is 0 Å². The Morgan fingerprint density at radius 3 is 2.71 bits per heavy atom. The number of carbonyl (C=O) groups is 2. The van der Waals surface area contributed by atoms with E-state index in [2.05, 4.69) is 0 Å². The molecule has 1 saturated heterocycles. The number of methoxy groups -OCH3 is 1. The molecule has 0 aromatic carbocycles. The lowest BCUT2D eigenvalue weighted by molar-refractivity contribution is -0.148. The van der Waals surface area contributed by atoms with Crippen LogP contribution in [-0.4, -0.2) is 61.5 Å². The maximum Gasteiger partial charge on any atom is 0.323 e. The summed E-state index contributed by atoms with van der Waals surface area (Å²) in [6.45, 7) is 1.91. The Balaban J connectivity index is 2.07. The van der Waals surface area contributed by atoms with Gasteiger partial charge in [0, 0.05) is 20.1 Å². The predicted molar refractivity (Wildman–Crippen MR) is 62.4 cm³/mol. The first-order valence-electron chi connectivity index (χ1n) is 6.19. The van der Waals surface area contributed by atoms with Crippen LogP contribution in [-0.2, 0) is 14.3 Å². The first kappa shape index (κ1) is 12.4. The molecule has 1 aliphatic heterocycles. The van der Waals surface area contributed by atoms with Crippen molar-refractivity contribution in [3.63, 3.8) is 0 Å². The largest absolute Gasteiger partial charge is 0.468 e. The first-order chi connectivity index (χ1) is 8.13. The lowest BCUT2D eigenvalue weighted by Crippen LogP contribution is -2.46. The molecular weight excluding hydrogens is 220 g/mol. The minimum atomic E-state index is -0.213. The summed E-state index contributed by atoms with van der Waals surface area (Å²) in [7, 11) is 3.24. The van der Waals surface area contributed by atoms with Gasteiger partial charge >= 0.3 is 5.97 Å². The van der Waals surface area contributed by atoms with E-state index in [1.807, 2.05) is 11.9 Å². The van der Waals surface area contributed by atoms with Crippen molar-refractivity contribution in [2.24, 2.45) is 5.92 Å². The van der Waals surface area contributed by atoms with Crippen molar-refractivity contribution in [1.29, 1.82) is 0 Å². The molecule has 2 rings (SSSR count). The molecule has 5 nitrogen and oxygen atoms in total. The van der Waals surface area contributed by atoms with Gasteiger partial charge in [0.2, 0.25) is 5.91 Å². The Kier molecular flexibility index (Phi) is 3.66. The van der Waals surface area contributed by atoms with E-state index in [-0.39, 0.29) is 17.9 Å². The summed E-state index contributed by atoms with van der Waals surface area (Å²) in [5.41, 5.74) is 0. The molecule has 0 radical (unpaired) electrons. The number of esters is 1. The fourth-order valence-corrected chi connectivity index (χ4v) is 2.42. The quantitative estimate of drug-likeness (QED) is 0.657. The van der Waals surface area contributed by atoms with Gasteiger partial charge in [0.1, 0.15) is 6.04 Å². The van der Waals surface area contributed by atoms with Crippen LogP contribution in [0.5, 0.6) is 0 Å². The summed E-state index contributed by atoms with van der Waals surface area (Å²) >= 11 is 0. The van der Waals surface area contributed by atoms with Crippen LogP contribution in [0.3, 0.4) is 0 Å². The van der Waals surface area contributed by atoms with Crippen LogP contribution < -0.4 is 0 Å². The van der Waals surface area contributed by atoms with Crippen molar-refractivity contribution in [2.75, 3.05) is 33.8 Å². The summed E-state index contributed by atoms with van der Waals surface area (Å²) in [6, 6.07) is -0.213. The molecule has 0 spiro atoms. The van der Waals surface area contributed by atoms with Crippen LogP contribution in [0.25, 0.3) is 0 Å². The Hall–Kier alpha value is -1.10. The minimum absolute atomic E-state index is 0.0945. The molecule has 1 unspecified atom stereocenters. The van der Waals surface area contributed by atoms with Gasteiger partial charge in [0.05, 0.1) is 13.7 Å². The van der Waals surface area contributed by atoms with E-state index in [1.54, 1.807) is 4.90 Å². The van der Waals surface area contributed by atoms with Gasteiger partial charge < -0.3 is 9.64 Å². The minimum Gasteiger partial charge on any atom is -0.468 e.